The first-order chi connectivity index (χ1) is 10.6. The molecular formula is C16H16N2O4. The third-order valence-electron chi connectivity index (χ3n) is 3.33. The molecule has 1 aromatic heterocycles. The lowest BCUT2D eigenvalue weighted by Gasteiger charge is -2.25. The first-order valence-corrected chi connectivity index (χ1v) is 7.00. The molecule has 0 bridgehead atoms. The summed E-state index contributed by atoms with van der Waals surface area (Å²) < 4.78 is 10.9. The Morgan fingerprint density at radius 1 is 1.27 bits per heavy atom. The van der Waals surface area contributed by atoms with Crippen LogP contribution < -0.4 is 15.4 Å². The van der Waals surface area contributed by atoms with Crippen molar-refractivity contribution in [2.75, 3.05) is 5.32 Å². The number of carbonyl (C=O) groups excluding carboxylic acids is 2. The Balaban J connectivity index is 1.56. The van der Waals surface area contributed by atoms with Crippen molar-refractivity contribution in [2.24, 2.45) is 0 Å². The molecule has 3 rings (SSSR count). The molecule has 1 aliphatic rings. The van der Waals surface area contributed by atoms with E-state index in [1.165, 1.54) is 0 Å². The van der Waals surface area contributed by atoms with Gasteiger partial charge in [0, 0.05) is 0 Å². The molecule has 6 heteroatoms. The van der Waals surface area contributed by atoms with Gasteiger partial charge in [-0.25, -0.2) is 0 Å². The highest BCUT2D eigenvalue weighted by Gasteiger charge is 2.29. The molecule has 1 unspecified atom stereocenters. The van der Waals surface area contributed by atoms with Gasteiger partial charge in [0.15, 0.2) is 6.10 Å². The number of anilines is 1. The highest BCUT2D eigenvalue weighted by atomic mass is 16.5. The minimum absolute atomic E-state index is 0.0418. The number of furan rings is 1. The molecule has 22 heavy (non-hydrogen) atoms. The maximum absolute atomic E-state index is 11.9. The third-order valence-corrected chi connectivity index (χ3v) is 3.33. The predicted octanol–water partition coefficient (Wildman–Crippen LogP) is 1.99. The Bertz CT molecular complexity index is 708. The lowest BCUT2D eigenvalue weighted by Crippen LogP contribution is -2.40. The normalized spacial score (nSPS) is 16.4. The van der Waals surface area contributed by atoms with Crippen molar-refractivity contribution >= 4 is 17.5 Å². The van der Waals surface area contributed by atoms with Crippen molar-refractivity contribution in [3.8, 4) is 5.75 Å². The summed E-state index contributed by atoms with van der Waals surface area (Å²) in [5.74, 6) is 1.44. The second-order valence-corrected chi connectivity index (χ2v) is 5.09. The maximum atomic E-state index is 11.9. The van der Waals surface area contributed by atoms with Crippen LogP contribution in [0.4, 0.5) is 5.69 Å². The number of hydrogen-bond acceptors (Lipinski definition) is 4. The fraction of sp³-hybridized carbons (Fsp3) is 0.250. The molecule has 2 aromatic rings. The zero-order valence-corrected chi connectivity index (χ0v) is 12.1. The van der Waals surface area contributed by atoms with E-state index in [4.69, 9.17) is 9.15 Å². The van der Waals surface area contributed by atoms with Crippen molar-refractivity contribution < 1.29 is 18.7 Å². The average molecular weight is 300 g/mol. The van der Waals surface area contributed by atoms with E-state index in [1.54, 1.807) is 24.3 Å². The minimum atomic E-state index is -0.826. The van der Waals surface area contributed by atoms with Crippen LogP contribution in [0.3, 0.4) is 0 Å². The fourth-order valence-electron chi connectivity index (χ4n) is 2.23. The van der Waals surface area contributed by atoms with Crippen LogP contribution >= 0.6 is 0 Å². The molecule has 0 spiro atoms. The van der Waals surface area contributed by atoms with Gasteiger partial charge in [0.2, 0.25) is 5.91 Å². The molecule has 2 amide bonds. The first kappa shape index (κ1) is 14.2. The van der Waals surface area contributed by atoms with Crippen LogP contribution in [-0.2, 0) is 16.1 Å². The second-order valence-electron chi connectivity index (χ2n) is 5.09. The summed E-state index contributed by atoms with van der Waals surface area (Å²) in [6.45, 7) is 2.13. The Morgan fingerprint density at radius 3 is 2.86 bits per heavy atom. The number of nitrogens with one attached hydrogen (secondary N) is 2. The molecule has 6 nitrogen and oxygen atoms in total. The van der Waals surface area contributed by atoms with Crippen LogP contribution in [0.25, 0.3) is 0 Å². The zero-order chi connectivity index (χ0) is 15.5. The summed E-state index contributed by atoms with van der Waals surface area (Å²) in [5, 5.41) is 5.44. The van der Waals surface area contributed by atoms with Crippen molar-refractivity contribution in [1.82, 2.24) is 5.32 Å². The summed E-state index contributed by atoms with van der Waals surface area (Å²) >= 11 is 0. The third kappa shape index (κ3) is 3.11. The fourth-order valence-corrected chi connectivity index (χ4v) is 2.23. The van der Waals surface area contributed by atoms with Crippen molar-refractivity contribution in [1.29, 1.82) is 0 Å². The topological polar surface area (TPSA) is 80.6 Å². The summed E-state index contributed by atoms with van der Waals surface area (Å²) in [4.78, 5) is 23.9. The molecule has 114 valence electrons. The van der Waals surface area contributed by atoms with E-state index in [-0.39, 0.29) is 24.8 Å². The summed E-state index contributed by atoms with van der Waals surface area (Å²) in [6, 6.07) is 10.8. The first-order valence-electron chi connectivity index (χ1n) is 7.00. The molecule has 0 aliphatic carbocycles. The highest BCUT2D eigenvalue weighted by molar-refractivity contribution is 5.99. The molecule has 0 saturated carbocycles. The summed E-state index contributed by atoms with van der Waals surface area (Å²) in [6.07, 6.45) is -0.868. The monoisotopic (exact) mass is 300 g/mol. The van der Waals surface area contributed by atoms with Gasteiger partial charge in [0.25, 0.3) is 5.91 Å². The van der Waals surface area contributed by atoms with Gasteiger partial charge >= 0.3 is 0 Å². The van der Waals surface area contributed by atoms with E-state index in [0.717, 1.165) is 5.76 Å². The van der Waals surface area contributed by atoms with E-state index >= 15 is 0 Å². The van der Waals surface area contributed by atoms with Gasteiger partial charge in [0.1, 0.15) is 17.3 Å². The zero-order valence-electron chi connectivity index (χ0n) is 12.1. The highest BCUT2D eigenvalue weighted by Crippen LogP contribution is 2.29. The molecule has 2 N–H and O–H groups in total. The Morgan fingerprint density at radius 2 is 2.09 bits per heavy atom. The van der Waals surface area contributed by atoms with Crippen LogP contribution in [0, 0.1) is 6.92 Å². The van der Waals surface area contributed by atoms with Crippen molar-refractivity contribution in [2.45, 2.75) is 26.0 Å². The number of ether oxygens (including phenoxy) is 1. The predicted molar refractivity (Wildman–Crippen MR) is 79.4 cm³/mol. The number of carbonyl (C=O) groups is 2. The van der Waals surface area contributed by atoms with E-state index < -0.39 is 6.10 Å². The van der Waals surface area contributed by atoms with Gasteiger partial charge in [-0.2, -0.15) is 0 Å². The number of amides is 2. The average Bonchev–Trinajstić information content (AvgIpc) is 2.91. The van der Waals surface area contributed by atoms with E-state index in [9.17, 15) is 9.59 Å². The number of para-hydroxylation sites is 2. The Labute approximate surface area is 127 Å². The number of fused-ring (bicyclic) bond motifs is 1. The standard InChI is InChI=1S/C16H16N2O4/c1-10-6-7-11(21-10)9-17-15(19)8-14-16(20)18-12-4-2-3-5-13(12)22-14/h2-7,14H,8-9H2,1H3,(H,17,19)(H,18,20). The number of aryl methyl sites for hydroxylation is 1. The number of hydrogen-bond donors (Lipinski definition) is 2. The molecule has 0 saturated heterocycles. The molecule has 0 fully saturated rings. The van der Waals surface area contributed by atoms with Gasteiger partial charge in [-0.15, -0.1) is 0 Å². The molecule has 0 radical (unpaired) electrons. The lowest BCUT2D eigenvalue weighted by atomic mass is 10.1. The number of benzene rings is 1. The lowest BCUT2D eigenvalue weighted by molar-refractivity contribution is -0.130. The minimum Gasteiger partial charge on any atom is -0.478 e. The van der Waals surface area contributed by atoms with Crippen LogP contribution in [0.2, 0.25) is 0 Å². The largest absolute Gasteiger partial charge is 0.478 e. The number of rotatable bonds is 4. The van der Waals surface area contributed by atoms with Crippen LogP contribution in [0.15, 0.2) is 40.8 Å². The van der Waals surface area contributed by atoms with Crippen LogP contribution in [0.5, 0.6) is 5.75 Å². The Kier molecular flexibility index (Phi) is 3.82. The van der Waals surface area contributed by atoms with Crippen molar-refractivity contribution in [3.05, 3.63) is 47.9 Å². The van der Waals surface area contributed by atoms with Crippen molar-refractivity contribution in [3.63, 3.8) is 0 Å². The molecular weight excluding hydrogens is 284 g/mol. The molecule has 2 heterocycles. The van der Waals surface area contributed by atoms with Gasteiger partial charge in [0.05, 0.1) is 18.7 Å². The van der Waals surface area contributed by atoms with Gasteiger partial charge in [-0.05, 0) is 31.2 Å². The van der Waals surface area contributed by atoms with Crippen LogP contribution in [-0.4, -0.2) is 17.9 Å². The molecule has 1 atom stereocenters. The summed E-state index contributed by atoms with van der Waals surface area (Å²) in [5.41, 5.74) is 0.621. The summed E-state index contributed by atoms with van der Waals surface area (Å²) in [7, 11) is 0. The van der Waals surface area contributed by atoms with E-state index in [1.807, 2.05) is 19.1 Å². The molecule has 1 aliphatic heterocycles. The van der Waals surface area contributed by atoms with Crippen LogP contribution in [0.1, 0.15) is 17.9 Å². The maximum Gasteiger partial charge on any atom is 0.266 e. The second kappa shape index (κ2) is 5.93. The quantitative estimate of drug-likeness (QED) is 0.905. The Hall–Kier alpha value is -2.76. The van der Waals surface area contributed by atoms with Gasteiger partial charge in [-0.1, -0.05) is 12.1 Å². The van der Waals surface area contributed by atoms with Gasteiger partial charge in [-0.3, -0.25) is 9.59 Å². The van der Waals surface area contributed by atoms with Gasteiger partial charge < -0.3 is 19.8 Å². The van der Waals surface area contributed by atoms with E-state index in [2.05, 4.69) is 10.6 Å². The SMILES string of the molecule is Cc1ccc(CNC(=O)CC2Oc3ccccc3NC2=O)o1. The molecule has 1 aromatic carbocycles. The van der Waals surface area contributed by atoms with E-state index in [0.29, 0.717) is 17.2 Å². The smallest absolute Gasteiger partial charge is 0.266 e.